The monoisotopic (exact) mass is 289 g/mol. The Morgan fingerprint density at radius 3 is 2.47 bits per heavy atom. The SMILES string of the molecule is CC1CCCNC1CNS(=O)(=O)N1CCCCCC1. The van der Waals surface area contributed by atoms with Gasteiger partial charge in [-0.15, -0.1) is 0 Å². The minimum Gasteiger partial charge on any atom is -0.312 e. The van der Waals surface area contributed by atoms with Crippen LogP contribution in [0.5, 0.6) is 0 Å². The van der Waals surface area contributed by atoms with Crippen LogP contribution < -0.4 is 10.0 Å². The largest absolute Gasteiger partial charge is 0.312 e. The zero-order chi connectivity index (χ0) is 13.7. The minimum atomic E-state index is -3.29. The fraction of sp³-hybridized carbons (Fsp3) is 1.00. The molecule has 0 radical (unpaired) electrons. The Hall–Kier alpha value is -0.170. The van der Waals surface area contributed by atoms with Gasteiger partial charge in [0.1, 0.15) is 0 Å². The van der Waals surface area contributed by atoms with Crippen LogP contribution in [0.15, 0.2) is 0 Å². The lowest BCUT2D eigenvalue weighted by atomic mass is 9.93. The van der Waals surface area contributed by atoms with E-state index < -0.39 is 10.2 Å². The summed E-state index contributed by atoms with van der Waals surface area (Å²) < 4.78 is 29.0. The maximum atomic E-state index is 12.3. The van der Waals surface area contributed by atoms with Crippen LogP contribution in [0.25, 0.3) is 0 Å². The number of piperidine rings is 1. The molecule has 0 aromatic heterocycles. The van der Waals surface area contributed by atoms with E-state index in [-0.39, 0.29) is 6.04 Å². The van der Waals surface area contributed by atoms with Gasteiger partial charge in [0, 0.05) is 25.7 Å². The highest BCUT2D eigenvalue weighted by Gasteiger charge is 2.26. The summed E-state index contributed by atoms with van der Waals surface area (Å²) in [5.74, 6) is 0.542. The second-order valence-electron chi connectivity index (χ2n) is 5.85. The van der Waals surface area contributed by atoms with E-state index in [0.29, 0.717) is 25.6 Å². The van der Waals surface area contributed by atoms with Crippen LogP contribution in [0.4, 0.5) is 0 Å². The van der Waals surface area contributed by atoms with Crippen LogP contribution in [0.1, 0.15) is 45.4 Å². The van der Waals surface area contributed by atoms with Crippen molar-refractivity contribution in [2.75, 3.05) is 26.2 Å². The first-order valence-electron chi connectivity index (χ1n) is 7.58. The molecular formula is C13H27N3O2S. The van der Waals surface area contributed by atoms with Gasteiger partial charge < -0.3 is 5.32 Å². The van der Waals surface area contributed by atoms with Crippen molar-refractivity contribution in [3.8, 4) is 0 Å². The summed E-state index contributed by atoms with van der Waals surface area (Å²) in [5.41, 5.74) is 0. The number of nitrogens with one attached hydrogen (secondary N) is 2. The highest BCUT2D eigenvalue weighted by Crippen LogP contribution is 2.16. The molecule has 2 unspecified atom stereocenters. The molecule has 2 heterocycles. The second kappa shape index (κ2) is 7.02. The lowest BCUT2D eigenvalue weighted by Gasteiger charge is -2.31. The Kier molecular flexibility index (Phi) is 5.62. The van der Waals surface area contributed by atoms with E-state index in [9.17, 15) is 8.42 Å². The van der Waals surface area contributed by atoms with E-state index >= 15 is 0 Å². The topological polar surface area (TPSA) is 61.4 Å². The zero-order valence-electron chi connectivity index (χ0n) is 11.9. The summed E-state index contributed by atoms with van der Waals surface area (Å²) in [7, 11) is -3.29. The third-order valence-electron chi connectivity index (χ3n) is 4.32. The maximum Gasteiger partial charge on any atom is 0.279 e. The van der Waals surface area contributed by atoms with Crippen LogP contribution in [-0.2, 0) is 10.2 Å². The minimum absolute atomic E-state index is 0.274. The van der Waals surface area contributed by atoms with E-state index in [1.54, 1.807) is 4.31 Å². The van der Waals surface area contributed by atoms with Gasteiger partial charge >= 0.3 is 0 Å². The molecule has 6 heteroatoms. The molecular weight excluding hydrogens is 262 g/mol. The van der Waals surface area contributed by atoms with Crippen LogP contribution >= 0.6 is 0 Å². The Morgan fingerprint density at radius 2 is 1.84 bits per heavy atom. The first kappa shape index (κ1) is 15.2. The summed E-state index contributed by atoms with van der Waals surface area (Å²) in [6, 6.07) is 0.274. The third kappa shape index (κ3) is 4.41. The molecule has 2 fully saturated rings. The van der Waals surface area contributed by atoms with Crippen molar-refractivity contribution in [3.05, 3.63) is 0 Å². The summed E-state index contributed by atoms with van der Waals surface area (Å²) in [5, 5.41) is 3.41. The van der Waals surface area contributed by atoms with Crippen LogP contribution in [0, 0.1) is 5.92 Å². The van der Waals surface area contributed by atoms with Crippen molar-refractivity contribution >= 4 is 10.2 Å². The van der Waals surface area contributed by atoms with Crippen molar-refractivity contribution in [3.63, 3.8) is 0 Å². The van der Waals surface area contributed by atoms with Crippen LogP contribution in [0.2, 0.25) is 0 Å². The van der Waals surface area contributed by atoms with Gasteiger partial charge in [0.2, 0.25) is 0 Å². The maximum absolute atomic E-state index is 12.3. The van der Waals surface area contributed by atoms with Gasteiger partial charge in [-0.3, -0.25) is 0 Å². The van der Waals surface area contributed by atoms with Crippen molar-refractivity contribution in [1.29, 1.82) is 0 Å². The molecule has 19 heavy (non-hydrogen) atoms. The average Bonchev–Trinajstić information content (AvgIpc) is 2.67. The summed E-state index contributed by atoms with van der Waals surface area (Å²) in [4.78, 5) is 0. The highest BCUT2D eigenvalue weighted by molar-refractivity contribution is 7.87. The van der Waals surface area contributed by atoms with Gasteiger partial charge in [0.05, 0.1) is 0 Å². The summed E-state index contributed by atoms with van der Waals surface area (Å²) in [6.07, 6.45) is 6.64. The molecule has 0 spiro atoms. The molecule has 2 N–H and O–H groups in total. The van der Waals surface area contributed by atoms with E-state index in [4.69, 9.17) is 0 Å². The van der Waals surface area contributed by atoms with E-state index in [0.717, 1.165) is 32.2 Å². The quantitative estimate of drug-likeness (QED) is 0.814. The van der Waals surface area contributed by atoms with Gasteiger partial charge in [-0.25, -0.2) is 4.72 Å². The van der Waals surface area contributed by atoms with Gasteiger partial charge in [-0.05, 0) is 38.1 Å². The summed E-state index contributed by atoms with van der Waals surface area (Å²) in [6.45, 7) is 5.05. The fourth-order valence-corrected chi connectivity index (χ4v) is 4.27. The molecule has 2 atom stereocenters. The number of hydrogen-bond donors (Lipinski definition) is 2. The smallest absolute Gasteiger partial charge is 0.279 e. The molecule has 0 aromatic rings. The Balaban J connectivity index is 1.85. The van der Waals surface area contributed by atoms with Crippen LogP contribution in [0.3, 0.4) is 0 Å². The number of rotatable bonds is 4. The molecule has 0 aliphatic carbocycles. The zero-order valence-corrected chi connectivity index (χ0v) is 12.7. The fourth-order valence-electron chi connectivity index (χ4n) is 2.96. The van der Waals surface area contributed by atoms with E-state index in [2.05, 4.69) is 17.0 Å². The van der Waals surface area contributed by atoms with Gasteiger partial charge in [-0.2, -0.15) is 12.7 Å². The molecule has 0 bridgehead atoms. The first-order valence-corrected chi connectivity index (χ1v) is 9.02. The Labute approximate surface area is 117 Å². The molecule has 2 rings (SSSR count). The third-order valence-corrected chi connectivity index (χ3v) is 5.90. The molecule has 0 aromatic carbocycles. The Bertz CT molecular complexity index is 364. The normalized spacial score (nSPS) is 31.0. The van der Waals surface area contributed by atoms with Crippen molar-refractivity contribution in [1.82, 2.24) is 14.3 Å². The number of hydrogen-bond acceptors (Lipinski definition) is 3. The van der Waals surface area contributed by atoms with E-state index in [1.165, 1.54) is 12.8 Å². The van der Waals surface area contributed by atoms with Gasteiger partial charge in [-0.1, -0.05) is 19.8 Å². The predicted octanol–water partition coefficient (Wildman–Crippen LogP) is 1.08. The molecule has 2 saturated heterocycles. The van der Waals surface area contributed by atoms with Crippen LogP contribution in [-0.4, -0.2) is 44.9 Å². The molecule has 2 aliphatic rings. The Morgan fingerprint density at radius 1 is 1.16 bits per heavy atom. The molecule has 5 nitrogen and oxygen atoms in total. The predicted molar refractivity (Wildman–Crippen MR) is 77.2 cm³/mol. The van der Waals surface area contributed by atoms with E-state index in [1.807, 2.05) is 0 Å². The van der Waals surface area contributed by atoms with Crippen molar-refractivity contribution in [2.45, 2.75) is 51.5 Å². The lowest BCUT2D eigenvalue weighted by Crippen LogP contribution is -2.50. The molecule has 112 valence electrons. The first-order chi connectivity index (χ1) is 9.09. The molecule has 2 aliphatic heterocycles. The second-order valence-corrected chi connectivity index (χ2v) is 7.60. The standard InChI is InChI=1S/C13H27N3O2S/c1-12-7-6-8-14-13(12)11-15-19(17,18)16-9-4-2-3-5-10-16/h12-15H,2-11H2,1H3. The summed E-state index contributed by atoms with van der Waals surface area (Å²) >= 11 is 0. The van der Waals surface area contributed by atoms with Crippen molar-refractivity contribution < 1.29 is 8.42 Å². The average molecular weight is 289 g/mol. The molecule has 0 saturated carbocycles. The van der Waals surface area contributed by atoms with Crippen molar-refractivity contribution in [2.24, 2.45) is 5.92 Å². The lowest BCUT2D eigenvalue weighted by molar-refractivity contribution is 0.297. The van der Waals surface area contributed by atoms with Gasteiger partial charge in [0.25, 0.3) is 10.2 Å². The highest BCUT2D eigenvalue weighted by atomic mass is 32.2. The molecule has 0 amide bonds. The van der Waals surface area contributed by atoms with Gasteiger partial charge in [0.15, 0.2) is 0 Å². The number of nitrogens with zero attached hydrogens (tertiary/aromatic N) is 1.